The van der Waals surface area contributed by atoms with Crippen LogP contribution < -0.4 is 10.1 Å². The van der Waals surface area contributed by atoms with E-state index in [4.69, 9.17) is 4.74 Å². The van der Waals surface area contributed by atoms with Gasteiger partial charge < -0.3 is 10.1 Å². The Morgan fingerprint density at radius 3 is 2.35 bits per heavy atom. The van der Waals surface area contributed by atoms with Crippen LogP contribution in [0.4, 0.5) is 0 Å². The molecule has 0 aromatic heterocycles. The summed E-state index contributed by atoms with van der Waals surface area (Å²) in [7, 11) is -1.76. The molecule has 1 N–H and O–H groups in total. The van der Waals surface area contributed by atoms with Gasteiger partial charge in [0.1, 0.15) is 5.75 Å². The van der Waals surface area contributed by atoms with Crippen molar-refractivity contribution in [2.45, 2.75) is 30.6 Å². The lowest BCUT2D eigenvalue weighted by Gasteiger charge is -2.07. The highest BCUT2D eigenvalue weighted by molar-refractivity contribution is 7.91. The Bertz CT molecular complexity index is 786. The van der Waals surface area contributed by atoms with Gasteiger partial charge in [0.2, 0.25) is 5.91 Å². The summed E-state index contributed by atoms with van der Waals surface area (Å²) in [5.74, 6) is 0.440. The molecule has 26 heavy (non-hydrogen) atoms. The third kappa shape index (κ3) is 6.52. The van der Waals surface area contributed by atoms with Gasteiger partial charge in [-0.3, -0.25) is 4.79 Å². The first kappa shape index (κ1) is 20.0. The van der Waals surface area contributed by atoms with Crippen molar-refractivity contribution in [3.8, 4) is 5.75 Å². The largest absolute Gasteiger partial charge is 0.497 e. The first-order chi connectivity index (χ1) is 12.5. The zero-order valence-electron chi connectivity index (χ0n) is 15.0. The van der Waals surface area contributed by atoms with Crippen LogP contribution >= 0.6 is 0 Å². The topological polar surface area (TPSA) is 72.5 Å². The molecule has 0 bridgehead atoms. The maximum absolute atomic E-state index is 12.1. The smallest absolute Gasteiger partial charge is 0.221 e. The van der Waals surface area contributed by atoms with Crippen LogP contribution in [-0.4, -0.2) is 33.7 Å². The first-order valence-corrected chi connectivity index (χ1v) is 10.3. The molecule has 0 aliphatic heterocycles. The van der Waals surface area contributed by atoms with Crippen LogP contribution in [-0.2, 0) is 21.1 Å². The molecule has 140 valence electrons. The minimum atomic E-state index is -3.40. The quantitative estimate of drug-likeness (QED) is 0.648. The molecule has 2 rings (SSSR count). The molecule has 1 amide bonds. The SMILES string of the molecule is COc1ccc(CCCCNC(=O)CCS(=O)(=O)c2ccccc2)cc1. The summed E-state index contributed by atoms with van der Waals surface area (Å²) < 4.78 is 29.4. The monoisotopic (exact) mass is 375 g/mol. The van der Waals surface area contributed by atoms with Gasteiger partial charge in [-0.2, -0.15) is 0 Å². The van der Waals surface area contributed by atoms with Crippen molar-refractivity contribution in [1.82, 2.24) is 5.32 Å². The van der Waals surface area contributed by atoms with Crippen LogP contribution in [0.3, 0.4) is 0 Å². The molecular formula is C20H25NO4S. The summed E-state index contributed by atoms with van der Waals surface area (Å²) in [5.41, 5.74) is 1.23. The van der Waals surface area contributed by atoms with Gasteiger partial charge in [0.15, 0.2) is 9.84 Å². The van der Waals surface area contributed by atoms with Crippen LogP contribution in [0, 0.1) is 0 Å². The van der Waals surface area contributed by atoms with Gasteiger partial charge in [0, 0.05) is 13.0 Å². The predicted octanol–water partition coefficient (Wildman–Crippen LogP) is 3.00. The van der Waals surface area contributed by atoms with E-state index in [1.54, 1.807) is 37.4 Å². The fourth-order valence-corrected chi connectivity index (χ4v) is 3.80. The molecular weight excluding hydrogens is 350 g/mol. The van der Waals surface area contributed by atoms with Gasteiger partial charge in [-0.1, -0.05) is 30.3 Å². The van der Waals surface area contributed by atoms with E-state index >= 15 is 0 Å². The number of nitrogens with one attached hydrogen (secondary N) is 1. The minimum Gasteiger partial charge on any atom is -0.497 e. The van der Waals surface area contributed by atoms with Crippen LogP contribution in [0.15, 0.2) is 59.5 Å². The number of ether oxygens (including phenoxy) is 1. The van der Waals surface area contributed by atoms with E-state index < -0.39 is 9.84 Å². The fraction of sp³-hybridized carbons (Fsp3) is 0.350. The number of amides is 1. The lowest BCUT2D eigenvalue weighted by Crippen LogP contribution is -2.26. The summed E-state index contributed by atoms with van der Waals surface area (Å²) in [4.78, 5) is 12.1. The number of carbonyl (C=O) groups is 1. The first-order valence-electron chi connectivity index (χ1n) is 8.69. The van der Waals surface area contributed by atoms with Crippen molar-refractivity contribution < 1.29 is 17.9 Å². The lowest BCUT2D eigenvalue weighted by atomic mass is 10.1. The number of benzene rings is 2. The van der Waals surface area contributed by atoms with Crippen molar-refractivity contribution in [2.24, 2.45) is 0 Å². The Morgan fingerprint density at radius 1 is 1.00 bits per heavy atom. The van der Waals surface area contributed by atoms with E-state index in [0.29, 0.717) is 6.54 Å². The number of sulfone groups is 1. The van der Waals surface area contributed by atoms with Crippen molar-refractivity contribution in [3.05, 3.63) is 60.2 Å². The van der Waals surface area contributed by atoms with E-state index in [-0.39, 0.29) is 23.0 Å². The summed E-state index contributed by atoms with van der Waals surface area (Å²) in [6.45, 7) is 0.556. The van der Waals surface area contributed by atoms with Gasteiger partial charge in [-0.15, -0.1) is 0 Å². The molecule has 0 saturated carbocycles. The molecule has 2 aromatic rings. The predicted molar refractivity (Wildman–Crippen MR) is 102 cm³/mol. The third-order valence-corrected chi connectivity index (χ3v) is 5.81. The standard InChI is InChI=1S/C20H25NO4S/c1-25-18-12-10-17(11-13-18)7-5-6-15-21-20(22)14-16-26(23,24)19-8-3-2-4-9-19/h2-4,8-13H,5-7,14-16H2,1H3,(H,21,22). The Labute approximate surface area is 155 Å². The minimum absolute atomic E-state index is 0.0181. The van der Waals surface area contributed by atoms with E-state index in [0.717, 1.165) is 25.0 Å². The molecule has 0 saturated heterocycles. The van der Waals surface area contributed by atoms with Crippen LogP contribution in [0.25, 0.3) is 0 Å². The lowest BCUT2D eigenvalue weighted by molar-refractivity contribution is -0.120. The van der Waals surface area contributed by atoms with Crippen LogP contribution in [0.5, 0.6) is 5.75 Å². The van der Waals surface area contributed by atoms with Gasteiger partial charge in [0.05, 0.1) is 17.8 Å². The summed E-state index contributed by atoms with van der Waals surface area (Å²) in [6, 6.07) is 16.1. The average molecular weight is 375 g/mol. The number of carbonyl (C=O) groups excluding carboxylic acids is 1. The summed E-state index contributed by atoms with van der Waals surface area (Å²) in [6.07, 6.45) is 2.72. The molecule has 0 atom stereocenters. The molecule has 5 nitrogen and oxygen atoms in total. The highest BCUT2D eigenvalue weighted by Gasteiger charge is 2.15. The highest BCUT2D eigenvalue weighted by Crippen LogP contribution is 2.13. The number of methoxy groups -OCH3 is 1. The molecule has 0 aliphatic carbocycles. The van der Waals surface area contributed by atoms with Gasteiger partial charge in [-0.05, 0) is 49.1 Å². The van der Waals surface area contributed by atoms with E-state index in [1.807, 2.05) is 24.3 Å². The van der Waals surface area contributed by atoms with Gasteiger partial charge >= 0.3 is 0 Å². The average Bonchev–Trinajstić information content (AvgIpc) is 2.67. The molecule has 0 spiro atoms. The zero-order valence-corrected chi connectivity index (χ0v) is 15.8. The Morgan fingerprint density at radius 2 is 1.69 bits per heavy atom. The molecule has 0 unspecified atom stereocenters. The molecule has 6 heteroatoms. The number of hydrogen-bond donors (Lipinski definition) is 1. The maximum atomic E-state index is 12.1. The third-order valence-electron chi connectivity index (χ3n) is 4.07. The van der Waals surface area contributed by atoms with Crippen molar-refractivity contribution in [3.63, 3.8) is 0 Å². The highest BCUT2D eigenvalue weighted by atomic mass is 32.2. The molecule has 0 aliphatic rings. The van der Waals surface area contributed by atoms with Crippen LogP contribution in [0.1, 0.15) is 24.8 Å². The van der Waals surface area contributed by atoms with E-state index in [9.17, 15) is 13.2 Å². The summed E-state index contributed by atoms with van der Waals surface area (Å²) in [5, 5.41) is 2.79. The van der Waals surface area contributed by atoms with Crippen molar-refractivity contribution >= 4 is 15.7 Å². The fourth-order valence-electron chi connectivity index (χ4n) is 2.54. The van der Waals surface area contributed by atoms with Crippen molar-refractivity contribution in [2.75, 3.05) is 19.4 Å². The Balaban J connectivity index is 1.63. The van der Waals surface area contributed by atoms with Crippen molar-refractivity contribution in [1.29, 1.82) is 0 Å². The Hall–Kier alpha value is -2.34. The molecule has 0 radical (unpaired) electrons. The maximum Gasteiger partial charge on any atom is 0.221 e. The van der Waals surface area contributed by atoms with Gasteiger partial charge in [0.25, 0.3) is 0 Å². The second-order valence-electron chi connectivity index (χ2n) is 6.04. The Kier molecular flexibility index (Phi) is 7.66. The number of unbranched alkanes of at least 4 members (excludes halogenated alkanes) is 1. The van der Waals surface area contributed by atoms with E-state index in [1.165, 1.54) is 5.56 Å². The van der Waals surface area contributed by atoms with E-state index in [2.05, 4.69) is 5.32 Å². The molecule has 2 aromatic carbocycles. The normalized spacial score (nSPS) is 11.1. The zero-order chi connectivity index (χ0) is 18.8. The number of rotatable bonds is 10. The second-order valence-corrected chi connectivity index (χ2v) is 8.15. The second kappa shape index (κ2) is 9.97. The number of aryl methyl sites for hydroxylation is 1. The number of hydrogen-bond acceptors (Lipinski definition) is 4. The van der Waals surface area contributed by atoms with Crippen LogP contribution in [0.2, 0.25) is 0 Å². The van der Waals surface area contributed by atoms with Gasteiger partial charge in [-0.25, -0.2) is 8.42 Å². The molecule has 0 fully saturated rings. The summed E-state index contributed by atoms with van der Waals surface area (Å²) >= 11 is 0. The molecule has 0 heterocycles.